The Morgan fingerprint density at radius 3 is 2.64 bits per heavy atom. The molecular weight excluding hydrogens is 431 g/mol. The van der Waals surface area contributed by atoms with Gasteiger partial charge in [-0.2, -0.15) is 10.1 Å². The van der Waals surface area contributed by atoms with Gasteiger partial charge in [0.05, 0.1) is 11.8 Å². The van der Waals surface area contributed by atoms with Gasteiger partial charge in [0.25, 0.3) is 11.8 Å². The normalized spacial score (nSPS) is 19.6. The fourth-order valence-corrected chi connectivity index (χ4v) is 3.75. The van der Waals surface area contributed by atoms with E-state index in [-0.39, 0.29) is 24.2 Å². The number of carbonyl (C=O) groups excluding carboxylic acids is 2. The minimum absolute atomic E-state index is 0.0117. The summed E-state index contributed by atoms with van der Waals surface area (Å²) in [6, 6.07) is 10.6. The fourth-order valence-electron chi connectivity index (χ4n) is 3.75. The zero-order valence-electron chi connectivity index (χ0n) is 17.8. The lowest BCUT2D eigenvalue weighted by Gasteiger charge is -2.19. The zero-order chi connectivity index (χ0) is 23.1. The van der Waals surface area contributed by atoms with Crippen LogP contribution >= 0.6 is 0 Å². The number of benzene rings is 2. The Hall–Kier alpha value is -4.15. The quantitative estimate of drug-likeness (QED) is 0.530. The van der Waals surface area contributed by atoms with Crippen molar-refractivity contribution in [2.45, 2.75) is 38.6 Å². The molecule has 33 heavy (non-hydrogen) atoms. The van der Waals surface area contributed by atoms with E-state index in [1.165, 1.54) is 23.2 Å². The monoisotopic (exact) mass is 450 g/mol. The number of ether oxygens (including phenoxy) is 1. The van der Waals surface area contributed by atoms with Gasteiger partial charge in [-0.15, -0.1) is 0 Å². The van der Waals surface area contributed by atoms with Crippen LogP contribution in [0.25, 0.3) is 11.4 Å². The van der Waals surface area contributed by atoms with Gasteiger partial charge in [-0.1, -0.05) is 16.4 Å². The highest BCUT2D eigenvalue weighted by Crippen LogP contribution is 2.33. The number of carbonyl (C=O) groups is 2. The molecule has 0 unspecified atom stereocenters. The third-order valence-electron chi connectivity index (χ3n) is 5.17. The molecule has 5 rings (SSSR count). The van der Waals surface area contributed by atoms with Crippen LogP contribution in [0, 0.1) is 5.82 Å². The van der Waals surface area contributed by atoms with E-state index in [9.17, 15) is 14.0 Å². The summed E-state index contributed by atoms with van der Waals surface area (Å²) < 4.78 is 24.6. The van der Waals surface area contributed by atoms with Crippen LogP contribution in [0.15, 0.2) is 63.4 Å². The molecule has 10 nitrogen and oxygen atoms in total. The van der Waals surface area contributed by atoms with E-state index in [1.54, 1.807) is 0 Å². The van der Waals surface area contributed by atoms with E-state index in [4.69, 9.17) is 9.26 Å². The minimum Gasteiger partial charge on any atom is -0.491 e. The van der Waals surface area contributed by atoms with Crippen molar-refractivity contribution in [2.24, 2.45) is 10.3 Å². The molecule has 2 aliphatic heterocycles. The molecule has 1 saturated heterocycles. The van der Waals surface area contributed by atoms with Crippen LogP contribution in [0.3, 0.4) is 0 Å². The molecule has 3 aromatic rings. The highest BCUT2D eigenvalue weighted by molar-refractivity contribution is 6.25. The number of halogens is 1. The van der Waals surface area contributed by atoms with E-state index in [2.05, 4.69) is 20.5 Å². The van der Waals surface area contributed by atoms with Gasteiger partial charge in [-0.05, 0) is 56.3 Å². The number of anilines is 1. The van der Waals surface area contributed by atoms with Crippen molar-refractivity contribution < 1.29 is 23.2 Å². The summed E-state index contributed by atoms with van der Waals surface area (Å²) in [6.45, 7) is 3.88. The van der Waals surface area contributed by atoms with E-state index >= 15 is 0 Å². The topological polar surface area (TPSA) is 113 Å². The first-order chi connectivity index (χ1) is 15.9. The van der Waals surface area contributed by atoms with Crippen molar-refractivity contribution in [3.8, 4) is 17.1 Å². The third kappa shape index (κ3) is 3.81. The summed E-state index contributed by atoms with van der Waals surface area (Å²) >= 11 is 0. The summed E-state index contributed by atoms with van der Waals surface area (Å²) in [4.78, 5) is 31.0. The Kier molecular flexibility index (Phi) is 5.08. The smallest absolute Gasteiger partial charge is 0.263 e. The van der Waals surface area contributed by atoms with E-state index in [1.807, 2.05) is 38.1 Å². The lowest BCUT2D eigenvalue weighted by Crippen LogP contribution is -2.39. The van der Waals surface area contributed by atoms with E-state index < -0.39 is 29.7 Å². The first-order valence-corrected chi connectivity index (χ1v) is 10.3. The van der Waals surface area contributed by atoms with Gasteiger partial charge < -0.3 is 9.26 Å². The molecular formula is C22H19FN6O4. The average molecular weight is 450 g/mol. The summed E-state index contributed by atoms with van der Waals surface area (Å²) in [5.74, 6) is -0.350. The van der Waals surface area contributed by atoms with Gasteiger partial charge in [0, 0.05) is 5.56 Å². The van der Waals surface area contributed by atoms with E-state index in [0.29, 0.717) is 5.82 Å². The standard InChI is InChI=1S/C22H19FN6O4/c1-12(2)32-16-8-6-13(7-9-16)20-24-17(33-26-20)11-28-19-18(25-27-28)21(30)29(22(19)31)15-5-3-4-14(23)10-15/h3-10,12,18-19H,11H2,1-2H3/t18-,19+/m0/s1. The van der Waals surface area contributed by atoms with Crippen molar-refractivity contribution in [3.63, 3.8) is 0 Å². The van der Waals surface area contributed by atoms with Crippen molar-refractivity contribution in [2.75, 3.05) is 4.90 Å². The number of hydrogen-bond donors (Lipinski definition) is 0. The van der Waals surface area contributed by atoms with Crippen LogP contribution in [0.5, 0.6) is 5.75 Å². The second-order valence-electron chi connectivity index (χ2n) is 7.89. The van der Waals surface area contributed by atoms with Crippen molar-refractivity contribution in [3.05, 3.63) is 60.2 Å². The van der Waals surface area contributed by atoms with Crippen molar-refractivity contribution in [1.82, 2.24) is 15.1 Å². The minimum atomic E-state index is -1.00. The molecule has 0 bridgehead atoms. The SMILES string of the molecule is CC(C)Oc1ccc(-c2noc(CN3N=N[C@@H]4C(=O)N(c5cccc(F)c5)C(=O)[C@@H]43)n2)cc1. The predicted octanol–water partition coefficient (Wildman–Crippen LogP) is 3.16. The molecule has 2 aromatic carbocycles. The molecule has 2 amide bonds. The Bertz CT molecular complexity index is 1240. The van der Waals surface area contributed by atoms with E-state index in [0.717, 1.165) is 22.3 Å². The number of rotatable bonds is 6. The summed E-state index contributed by atoms with van der Waals surface area (Å²) in [5, 5.41) is 13.2. The van der Waals surface area contributed by atoms with Gasteiger partial charge >= 0.3 is 0 Å². The van der Waals surface area contributed by atoms with Gasteiger partial charge in [0.1, 0.15) is 18.1 Å². The average Bonchev–Trinajstić information content (AvgIpc) is 3.47. The van der Waals surface area contributed by atoms with Crippen LogP contribution in [-0.2, 0) is 16.1 Å². The molecule has 168 valence electrons. The third-order valence-corrected chi connectivity index (χ3v) is 5.17. The van der Waals surface area contributed by atoms with Gasteiger partial charge in [-0.3, -0.25) is 14.6 Å². The Morgan fingerprint density at radius 1 is 1.12 bits per heavy atom. The molecule has 11 heteroatoms. The Morgan fingerprint density at radius 2 is 1.91 bits per heavy atom. The van der Waals surface area contributed by atoms with Crippen molar-refractivity contribution >= 4 is 17.5 Å². The number of imide groups is 1. The molecule has 3 heterocycles. The highest BCUT2D eigenvalue weighted by Gasteiger charge is 2.55. The first kappa shape index (κ1) is 20.7. The molecule has 0 saturated carbocycles. The highest BCUT2D eigenvalue weighted by atomic mass is 19.1. The molecule has 0 N–H and O–H groups in total. The molecule has 1 fully saturated rings. The van der Waals surface area contributed by atoms with Crippen LogP contribution in [0.4, 0.5) is 10.1 Å². The number of amides is 2. The molecule has 0 aliphatic carbocycles. The maximum Gasteiger partial charge on any atom is 0.263 e. The number of hydrogen-bond acceptors (Lipinski definition) is 9. The Balaban J connectivity index is 1.31. The molecule has 2 atom stereocenters. The maximum atomic E-state index is 13.6. The predicted molar refractivity (Wildman–Crippen MR) is 112 cm³/mol. The van der Waals surface area contributed by atoms with Crippen LogP contribution in [0.1, 0.15) is 19.7 Å². The van der Waals surface area contributed by atoms with Crippen LogP contribution < -0.4 is 9.64 Å². The second kappa shape index (κ2) is 8.08. The first-order valence-electron chi connectivity index (χ1n) is 10.3. The molecule has 2 aliphatic rings. The molecule has 0 spiro atoms. The van der Waals surface area contributed by atoms with Gasteiger partial charge in [0.15, 0.2) is 12.1 Å². The van der Waals surface area contributed by atoms with Crippen LogP contribution in [0.2, 0.25) is 0 Å². The Labute approximate surface area is 187 Å². The lowest BCUT2D eigenvalue weighted by atomic mass is 10.1. The number of nitrogens with zero attached hydrogens (tertiary/aromatic N) is 6. The lowest BCUT2D eigenvalue weighted by molar-refractivity contribution is -0.123. The van der Waals surface area contributed by atoms with Gasteiger partial charge in [-0.25, -0.2) is 9.29 Å². The van der Waals surface area contributed by atoms with Gasteiger partial charge in [0.2, 0.25) is 11.7 Å². The summed E-state index contributed by atoms with van der Waals surface area (Å²) in [6.07, 6.45) is 0.0631. The van der Waals surface area contributed by atoms with Crippen LogP contribution in [-0.4, -0.2) is 45.2 Å². The largest absolute Gasteiger partial charge is 0.491 e. The molecule has 1 aromatic heterocycles. The van der Waals surface area contributed by atoms with Crippen molar-refractivity contribution in [1.29, 1.82) is 0 Å². The number of aromatic nitrogens is 2. The number of fused-ring (bicyclic) bond motifs is 1. The maximum absolute atomic E-state index is 13.6. The summed E-state index contributed by atoms with van der Waals surface area (Å²) in [5.41, 5.74) is 0.881. The fraction of sp³-hybridized carbons (Fsp3) is 0.273. The zero-order valence-corrected chi connectivity index (χ0v) is 17.8. The molecule has 0 radical (unpaired) electrons. The second-order valence-corrected chi connectivity index (χ2v) is 7.89. The summed E-state index contributed by atoms with van der Waals surface area (Å²) in [7, 11) is 0.